The highest BCUT2D eigenvalue weighted by molar-refractivity contribution is 8.00. The Bertz CT molecular complexity index is 2170. The highest BCUT2D eigenvalue weighted by atomic mass is 32.2. The van der Waals surface area contributed by atoms with Crippen LogP contribution in [0.25, 0.3) is 0 Å². The molecule has 0 unspecified atom stereocenters. The van der Waals surface area contributed by atoms with Crippen molar-refractivity contribution in [2.24, 2.45) is 0 Å². The van der Waals surface area contributed by atoms with Crippen LogP contribution in [0.5, 0.6) is 0 Å². The molecule has 7 rings (SSSR count). The lowest BCUT2D eigenvalue weighted by Gasteiger charge is -2.36. The summed E-state index contributed by atoms with van der Waals surface area (Å²) in [5.74, 6) is 1.04. The average molecular weight is 827 g/mol. The van der Waals surface area contributed by atoms with Gasteiger partial charge in [0.05, 0.1) is 28.7 Å². The Morgan fingerprint density at radius 1 is 0.500 bits per heavy atom. The van der Waals surface area contributed by atoms with Crippen molar-refractivity contribution in [1.82, 2.24) is 10.2 Å². The Kier molecular flexibility index (Phi) is 14.7. The summed E-state index contributed by atoms with van der Waals surface area (Å²) in [4.78, 5) is 28.4. The number of amides is 1. The normalized spacial score (nSPS) is 11.6. The third kappa shape index (κ3) is 9.94. The van der Waals surface area contributed by atoms with Crippen LogP contribution in [0.4, 0.5) is 0 Å². The van der Waals surface area contributed by atoms with E-state index in [1.807, 2.05) is 35.7 Å². The summed E-state index contributed by atoms with van der Waals surface area (Å²) in [6.07, 6.45) is 0. The maximum Gasteiger partial charge on any atom is 0.337 e. The van der Waals surface area contributed by atoms with Gasteiger partial charge in [0.25, 0.3) is 0 Å². The number of carbonyl (C=O) groups excluding carboxylic acids is 2. The largest absolute Gasteiger partial charge is 0.465 e. The Morgan fingerprint density at radius 3 is 1.20 bits per heavy atom. The van der Waals surface area contributed by atoms with Gasteiger partial charge in [0.1, 0.15) is 0 Å². The number of benzene rings is 7. The number of esters is 1. The second-order valence-corrected chi connectivity index (χ2v) is 17.1. The van der Waals surface area contributed by atoms with Crippen molar-refractivity contribution in [3.63, 3.8) is 0 Å². The maximum absolute atomic E-state index is 14.0. The number of thioether (sulfide) groups is 2. The molecule has 1 amide bonds. The smallest absolute Gasteiger partial charge is 0.337 e. The monoisotopic (exact) mass is 826 g/mol. The highest BCUT2D eigenvalue weighted by Crippen LogP contribution is 2.49. The number of hydrogen-bond donors (Lipinski definition) is 1. The summed E-state index contributed by atoms with van der Waals surface area (Å²) in [5, 5.41) is 3.27. The molecule has 0 heterocycles. The molecule has 0 aliphatic carbocycles. The number of carbonyl (C=O) groups is 2. The molecule has 7 aromatic carbocycles. The van der Waals surface area contributed by atoms with E-state index in [-0.39, 0.29) is 18.4 Å². The van der Waals surface area contributed by atoms with Crippen molar-refractivity contribution in [3.05, 3.63) is 251 Å². The van der Waals surface area contributed by atoms with Gasteiger partial charge in [0.15, 0.2) is 0 Å². The fraction of sp³-hybridized carbons (Fsp3) is 0.170. The first kappa shape index (κ1) is 42.3. The molecule has 7 aromatic rings. The molecule has 0 spiro atoms. The Morgan fingerprint density at radius 2 is 0.850 bits per heavy atom. The van der Waals surface area contributed by atoms with Crippen LogP contribution >= 0.6 is 23.5 Å². The predicted molar refractivity (Wildman–Crippen MR) is 249 cm³/mol. The zero-order valence-corrected chi connectivity index (χ0v) is 35.5. The van der Waals surface area contributed by atoms with Crippen molar-refractivity contribution in [3.8, 4) is 0 Å². The summed E-state index contributed by atoms with van der Waals surface area (Å²) in [5.41, 5.74) is 8.68. The second-order valence-electron chi connectivity index (χ2n) is 14.5. The molecule has 0 atom stereocenters. The standard InChI is InChI=1S/C53H50N2O3S2/c1-58-51(57)43-34-32-42(33-35-43)40-55(37-39-60-53(47-26-14-5-15-27-47,48-28-16-6-17-29-48)49-30-18-7-19-31-49)41-50(56)54-36-38-59-52(44-20-8-2-9-21-44,45-22-10-3-11-23-45)46-24-12-4-13-25-46/h2-35H,36-41H2,1H3,(H,54,56). The van der Waals surface area contributed by atoms with Gasteiger partial charge in [0.2, 0.25) is 5.91 Å². The van der Waals surface area contributed by atoms with Gasteiger partial charge in [0, 0.05) is 31.1 Å². The van der Waals surface area contributed by atoms with Crippen LogP contribution in [0.15, 0.2) is 206 Å². The van der Waals surface area contributed by atoms with E-state index < -0.39 is 9.49 Å². The molecule has 7 heteroatoms. The molecular weight excluding hydrogens is 777 g/mol. The number of methoxy groups -OCH3 is 1. The highest BCUT2D eigenvalue weighted by Gasteiger charge is 2.38. The molecule has 302 valence electrons. The first-order valence-electron chi connectivity index (χ1n) is 20.3. The fourth-order valence-corrected chi connectivity index (χ4v) is 10.8. The van der Waals surface area contributed by atoms with Crippen LogP contribution in [0.1, 0.15) is 49.3 Å². The first-order valence-corrected chi connectivity index (χ1v) is 22.3. The SMILES string of the molecule is COC(=O)c1ccc(CN(CCSC(c2ccccc2)(c2ccccc2)c2ccccc2)CC(=O)NCCSC(c2ccccc2)(c2ccccc2)c2ccccc2)cc1. The van der Waals surface area contributed by atoms with Gasteiger partial charge in [-0.05, 0) is 51.1 Å². The number of ether oxygens (including phenoxy) is 1. The lowest BCUT2D eigenvalue weighted by atomic mass is 9.84. The molecule has 1 N–H and O–H groups in total. The molecule has 0 radical (unpaired) electrons. The lowest BCUT2D eigenvalue weighted by Crippen LogP contribution is -2.39. The van der Waals surface area contributed by atoms with E-state index in [0.717, 1.165) is 11.3 Å². The van der Waals surface area contributed by atoms with E-state index in [2.05, 4.69) is 192 Å². The minimum absolute atomic E-state index is 0.0306. The Labute approximate surface area is 363 Å². The van der Waals surface area contributed by atoms with Gasteiger partial charge < -0.3 is 10.1 Å². The summed E-state index contributed by atoms with van der Waals surface area (Å²) < 4.78 is 4.01. The zero-order valence-electron chi connectivity index (χ0n) is 33.9. The molecular formula is C53H50N2O3S2. The van der Waals surface area contributed by atoms with Crippen molar-refractivity contribution in [2.75, 3.05) is 38.2 Å². The van der Waals surface area contributed by atoms with Gasteiger partial charge >= 0.3 is 5.97 Å². The molecule has 60 heavy (non-hydrogen) atoms. The van der Waals surface area contributed by atoms with Crippen molar-refractivity contribution in [1.29, 1.82) is 0 Å². The van der Waals surface area contributed by atoms with Crippen LogP contribution < -0.4 is 5.32 Å². The van der Waals surface area contributed by atoms with Gasteiger partial charge in [-0.25, -0.2) is 4.79 Å². The topological polar surface area (TPSA) is 58.6 Å². The second kappa shape index (κ2) is 20.9. The molecule has 0 saturated heterocycles. The summed E-state index contributed by atoms with van der Waals surface area (Å²) >= 11 is 3.72. The third-order valence-electron chi connectivity index (χ3n) is 10.7. The zero-order chi connectivity index (χ0) is 41.5. The number of hydrogen-bond acceptors (Lipinski definition) is 6. The summed E-state index contributed by atoms with van der Waals surface area (Å²) in [6, 6.07) is 71.4. The molecule has 5 nitrogen and oxygen atoms in total. The molecule has 0 fully saturated rings. The van der Waals surface area contributed by atoms with Crippen molar-refractivity contribution < 1.29 is 14.3 Å². The van der Waals surface area contributed by atoms with Crippen LogP contribution in [0.3, 0.4) is 0 Å². The summed E-state index contributed by atoms with van der Waals surface area (Å²) in [7, 11) is 1.39. The van der Waals surface area contributed by atoms with Gasteiger partial charge in [-0.15, -0.1) is 23.5 Å². The number of nitrogens with zero attached hydrogens (tertiary/aromatic N) is 1. The maximum atomic E-state index is 14.0. The van der Waals surface area contributed by atoms with E-state index in [1.165, 1.54) is 40.5 Å². The van der Waals surface area contributed by atoms with E-state index in [4.69, 9.17) is 4.74 Å². The summed E-state index contributed by atoms with van der Waals surface area (Å²) in [6.45, 7) is 1.92. The van der Waals surface area contributed by atoms with E-state index in [0.29, 0.717) is 31.0 Å². The third-order valence-corrected chi connectivity index (χ3v) is 13.8. The van der Waals surface area contributed by atoms with Crippen LogP contribution in [0.2, 0.25) is 0 Å². The number of nitrogens with one attached hydrogen (secondary N) is 1. The molecule has 0 aromatic heterocycles. The van der Waals surface area contributed by atoms with Crippen molar-refractivity contribution >= 4 is 35.4 Å². The predicted octanol–water partition coefficient (Wildman–Crippen LogP) is 10.8. The van der Waals surface area contributed by atoms with Gasteiger partial charge in [-0.3, -0.25) is 9.69 Å². The number of rotatable bonds is 19. The van der Waals surface area contributed by atoms with Gasteiger partial charge in [-0.1, -0.05) is 194 Å². The molecule has 0 bridgehead atoms. The molecule has 0 aliphatic rings. The molecule has 0 saturated carbocycles. The van der Waals surface area contributed by atoms with Crippen LogP contribution in [0, 0.1) is 0 Å². The minimum atomic E-state index is -0.472. The van der Waals surface area contributed by atoms with Crippen molar-refractivity contribution in [2.45, 2.75) is 16.0 Å². The van der Waals surface area contributed by atoms with E-state index in [9.17, 15) is 9.59 Å². The lowest BCUT2D eigenvalue weighted by molar-refractivity contribution is -0.122. The Balaban J connectivity index is 1.11. The minimum Gasteiger partial charge on any atom is -0.465 e. The fourth-order valence-electron chi connectivity index (χ4n) is 7.85. The van der Waals surface area contributed by atoms with Crippen LogP contribution in [-0.4, -0.2) is 55.0 Å². The first-order chi connectivity index (χ1) is 29.5. The molecule has 0 aliphatic heterocycles. The van der Waals surface area contributed by atoms with E-state index >= 15 is 0 Å². The van der Waals surface area contributed by atoms with E-state index in [1.54, 1.807) is 12.1 Å². The van der Waals surface area contributed by atoms with Gasteiger partial charge in [-0.2, -0.15) is 0 Å². The quantitative estimate of drug-likeness (QED) is 0.0498. The Hall–Kier alpha value is -5.86. The average Bonchev–Trinajstić information content (AvgIpc) is 3.32. The van der Waals surface area contributed by atoms with Crippen LogP contribution in [-0.2, 0) is 25.6 Å².